The van der Waals surface area contributed by atoms with Gasteiger partial charge in [0.25, 0.3) is 0 Å². The van der Waals surface area contributed by atoms with Crippen LogP contribution in [0.25, 0.3) is 11.4 Å². The number of hydrogen-bond acceptors (Lipinski definition) is 8. The number of carbonyl (C=O) groups excluding carboxylic acids is 1. The van der Waals surface area contributed by atoms with Gasteiger partial charge in [-0.05, 0) is 60.0 Å². The van der Waals surface area contributed by atoms with Crippen LogP contribution < -0.4 is 18.9 Å². The fourth-order valence-corrected chi connectivity index (χ4v) is 4.23. The lowest BCUT2D eigenvalue weighted by atomic mass is 10.1. The summed E-state index contributed by atoms with van der Waals surface area (Å²) in [6.07, 6.45) is 1.10. The maximum Gasteiger partial charge on any atom is 0.228 e. The molecule has 0 unspecified atom stereocenters. The number of carbonyl (C=O) groups is 1. The van der Waals surface area contributed by atoms with Gasteiger partial charge in [-0.2, -0.15) is 4.98 Å². The molecule has 0 saturated carbocycles. The van der Waals surface area contributed by atoms with E-state index in [9.17, 15) is 9.18 Å². The van der Waals surface area contributed by atoms with Gasteiger partial charge in [-0.3, -0.25) is 4.79 Å². The van der Waals surface area contributed by atoms with Crippen molar-refractivity contribution in [1.29, 1.82) is 0 Å². The molecule has 40 heavy (non-hydrogen) atoms. The van der Waals surface area contributed by atoms with Crippen molar-refractivity contribution in [3.05, 3.63) is 83.5 Å². The third-order valence-corrected chi connectivity index (χ3v) is 6.45. The molecule has 1 aromatic heterocycles. The Morgan fingerprint density at radius 1 is 0.775 bits per heavy atom. The molecule has 0 atom stereocenters. The predicted molar refractivity (Wildman–Crippen MR) is 146 cm³/mol. The molecule has 0 aliphatic carbocycles. The minimum absolute atomic E-state index is 0.0910. The zero-order valence-corrected chi connectivity index (χ0v) is 23.0. The van der Waals surface area contributed by atoms with Gasteiger partial charge >= 0.3 is 0 Å². The molecule has 4 aromatic rings. The summed E-state index contributed by atoms with van der Waals surface area (Å²) in [6, 6.07) is 17.0. The second kappa shape index (κ2) is 13.5. The van der Waals surface area contributed by atoms with E-state index < -0.39 is 0 Å². The van der Waals surface area contributed by atoms with Gasteiger partial charge in [0.2, 0.25) is 17.6 Å². The van der Waals surface area contributed by atoms with Crippen LogP contribution in [0.15, 0.2) is 65.2 Å². The van der Waals surface area contributed by atoms with Gasteiger partial charge in [0.15, 0.2) is 23.0 Å². The minimum atomic E-state index is -0.344. The van der Waals surface area contributed by atoms with Crippen molar-refractivity contribution in [2.45, 2.75) is 19.3 Å². The molecule has 1 heterocycles. The highest BCUT2D eigenvalue weighted by Crippen LogP contribution is 2.31. The van der Waals surface area contributed by atoms with E-state index >= 15 is 0 Å². The molecule has 0 fully saturated rings. The van der Waals surface area contributed by atoms with Crippen LogP contribution in [-0.4, -0.2) is 62.5 Å². The Hall–Kier alpha value is -4.60. The fourth-order valence-electron chi connectivity index (χ4n) is 4.23. The standard InChI is InChI=1S/C30H32FN3O6/c1-36-24-11-7-21(17-26(24)38-3)13-15-34(29(35)18-20-5-9-23(31)10-6-20)16-14-28-32-30(33-40-28)22-8-12-25(37-2)27(19-22)39-4/h5-12,17,19H,13-16,18H2,1-4H3. The maximum absolute atomic E-state index is 13.4. The monoisotopic (exact) mass is 549 g/mol. The molecular weight excluding hydrogens is 517 g/mol. The summed E-state index contributed by atoms with van der Waals surface area (Å²) in [5, 5.41) is 4.10. The lowest BCUT2D eigenvalue weighted by Gasteiger charge is -2.22. The van der Waals surface area contributed by atoms with E-state index in [2.05, 4.69) is 10.1 Å². The van der Waals surface area contributed by atoms with Crippen molar-refractivity contribution in [3.8, 4) is 34.4 Å². The molecule has 4 rings (SSSR count). The number of halogens is 1. The molecule has 3 aromatic carbocycles. The molecule has 0 N–H and O–H groups in total. The molecule has 10 heteroatoms. The van der Waals surface area contributed by atoms with Crippen LogP contribution >= 0.6 is 0 Å². The van der Waals surface area contributed by atoms with Gasteiger partial charge < -0.3 is 28.4 Å². The topological polar surface area (TPSA) is 96.2 Å². The number of ether oxygens (including phenoxy) is 4. The van der Waals surface area contributed by atoms with Gasteiger partial charge in [0, 0.05) is 25.1 Å². The molecule has 9 nitrogen and oxygen atoms in total. The number of amides is 1. The van der Waals surface area contributed by atoms with Crippen LogP contribution in [0.3, 0.4) is 0 Å². The van der Waals surface area contributed by atoms with Crippen molar-refractivity contribution in [2.24, 2.45) is 0 Å². The van der Waals surface area contributed by atoms with Crippen LogP contribution in [0.1, 0.15) is 17.0 Å². The van der Waals surface area contributed by atoms with Gasteiger partial charge in [-0.1, -0.05) is 23.4 Å². The molecule has 0 spiro atoms. The van der Waals surface area contributed by atoms with E-state index in [1.165, 1.54) is 12.1 Å². The molecule has 0 saturated heterocycles. The van der Waals surface area contributed by atoms with Crippen molar-refractivity contribution in [1.82, 2.24) is 15.0 Å². The van der Waals surface area contributed by atoms with Crippen LogP contribution in [0.2, 0.25) is 0 Å². The summed E-state index contributed by atoms with van der Waals surface area (Å²) in [5.41, 5.74) is 2.44. The summed E-state index contributed by atoms with van der Waals surface area (Å²) < 4.78 is 40.2. The largest absolute Gasteiger partial charge is 0.493 e. The summed E-state index contributed by atoms with van der Waals surface area (Å²) in [4.78, 5) is 19.6. The van der Waals surface area contributed by atoms with E-state index in [0.29, 0.717) is 66.2 Å². The lowest BCUT2D eigenvalue weighted by Crippen LogP contribution is -2.36. The number of rotatable bonds is 13. The molecule has 0 aliphatic rings. The van der Waals surface area contributed by atoms with E-state index in [0.717, 1.165) is 11.1 Å². The molecule has 0 radical (unpaired) electrons. The van der Waals surface area contributed by atoms with Crippen molar-refractivity contribution in [3.63, 3.8) is 0 Å². The Kier molecular flexibility index (Phi) is 9.56. The molecular formula is C30H32FN3O6. The number of methoxy groups -OCH3 is 4. The average molecular weight is 550 g/mol. The highest BCUT2D eigenvalue weighted by atomic mass is 19.1. The van der Waals surface area contributed by atoms with E-state index in [1.54, 1.807) is 57.6 Å². The summed E-state index contributed by atoms with van der Waals surface area (Å²) >= 11 is 0. The quantitative estimate of drug-likeness (QED) is 0.235. The smallest absolute Gasteiger partial charge is 0.228 e. The van der Waals surface area contributed by atoms with Crippen LogP contribution in [0, 0.1) is 5.82 Å². The highest BCUT2D eigenvalue weighted by Gasteiger charge is 2.18. The van der Waals surface area contributed by atoms with Gasteiger partial charge in [-0.25, -0.2) is 4.39 Å². The van der Waals surface area contributed by atoms with Gasteiger partial charge in [-0.15, -0.1) is 0 Å². The third-order valence-electron chi connectivity index (χ3n) is 6.45. The number of aromatic nitrogens is 2. The number of nitrogens with zero attached hydrogens (tertiary/aromatic N) is 3. The first-order valence-electron chi connectivity index (χ1n) is 12.7. The fraction of sp³-hybridized carbons (Fsp3) is 0.300. The highest BCUT2D eigenvalue weighted by molar-refractivity contribution is 5.78. The molecule has 0 aliphatic heterocycles. The Morgan fingerprint density at radius 3 is 2.05 bits per heavy atom. The van der Waals surface area contributed by atoms with E-state index in [4.69, 9.17) is 23.5 Å². The van der Waals surface area contributed by atoms with E-state index in [1.807, 2.05) is 24.3 Å². The van der Waals surface area contributed by atoms with Crippen molar-refractivity contribution >= 4 is 5.91 Å². The van der Waals surface area contributed by atoms with Gasteiger partial charge in [0.05, 0.1) is 34.9 Å². The second-order valence-corrected chi connectivity index (χ2v) is 8.95. The summed E-state index contributed by atoms with van der Waals surface area (Å²) in [5.74, 6) is 2.78. The molecule has 1 amide bonds. The van der Waals surface area contributed by atoms with Gasteiger partial charge in [0.1, 0.15) is 5.82 Å². The Bertz CT molecular complexity index is 1420. The normalized spacial score (nSPS) is 10.7. The zero-order valence-electron chi connectivity index (χ0n) is 23.0. The Balaban J connectivity index is 1.47. The third kappa shape index (κ3) is 7.07. The van der Waals surface area contributed by atoms with Crippen molar-refractivity contribution in [2.75, 3.05) is 41.5 Å². The first-order valence-corrected chi connectivity index (χ1v) is 12.7. The first kappa shape index (κ1) is 28.4. The van der Waals surface area contributed by atoms with Crippen LogP contribution in [0.4, 0.5) is 4.39 Å². The summed E-state index contributed by atoms with van der Waals surface area (Å²) in [7, 11) is 6.30. The Labute approximate surface area is 232 Å². The number of hydrogen-bond donors (Lipinski definition) is 0. The van der Waals surface area contributed by atoms with Crippen molar-refractivity contribution < 1.29 is 32.7 Å². The zero-order chi connectivity index (χ0) is 28.5. The minimum Gasteiger partial charge on any atom is -0.493 e. The second-order valence-electron chi connectivity index (χ2n) is 8.95. The SMILES string of the molecule is COc1ccc(CCN(CCc2nc(-c3ccc(OC)c(OC)c3)no2)C(=O)Cc2ccc(F)cc2)cc1OC. The Morgan fingerprint density at radius 2 is 1.38 bits per heavy atom. The summed E-state index contributed by atoms with van der Waals surface area (Å²) in [6.45, 7) is 0.813. The molecule has 0 bridgehead atoms. The number of benzene rings is 3. The van der Waals surface area contributed by atoms with E-state index in [-0.39, 0.29) is 18.1 Å². The molecule has 210 valence electrons. The van der Waals surface area contributed by atoms with Crippen LogP contribution in [-0.2, 0) is 24.1 Å². The van der Waals surface area contributed by atoms with Crippen LogP contribution in [0.5, 0.6) is 23.0 Å². The lowest BCUT2D eigenvalue weighted by molar-refractivity contribution is -0.130. The average Bonchev–Trinajstić information content (AvgIpc) is 3.46. The first-order chi connectivity index (χ1) is 19.4. The predicted octanol–water partition coefficient (Wildman–Crippen LogP) is 4.77. The maximum atomic E-state index is 13.4.